The highest BCUT2D eigenvalue weighted by molar-refractivity contribution is 7.09. The molecule has 0 radical (unpaired) electrons. The molecule has 108 valence electrons. The molecular weight excluding hydrogens is 268 g/mol. The summed E-state index contributed by atoms with van der Waals surface area (Å²) in [7, 11) is 5.92. The van der Waals surface area contributed by atoms with Crippen LogP contribution < -0.4 is 9.64 Å². The van der Waals surface area contributed by atoms with Gasteiger partial charge in [0.2, 0.25) is 0 Å². The Morgan fingerprint density at radius 3 is 2.35 bits per heavy atom. The van der Waals surface area contributed by atoms with Crippen molar-refractivity contribution < 1.29 is 4.74 Å². The Bertz CT molecular complexity index is 494. The zero-order valence-corrected chi connectivity index (χ0v) is 13.2. The minimum Gasteiger partial charge on any atom is -0.497 e. The highest BCUT2D eigenvalue weighted by atomic mass is 32.1. The van der Waals surface area contributed by atoms with E-state index in [-0.39, 0.29) is 0 Å². The van der Waals surface area contributed by atoms with Gasteiger partial charge >= 0.3 is 0 Å². The van der Waals surface area contributed by atoms with Crippen LogP contribution in [0.4, 0.5) is 5.69 Å². The van der Waals surface area contributed by atoms with Gasteiger partial charge in [0.1, 0.15) is 5.75 Å². The van der Waals surface area contributed by atoms with Crippen molar-refractivity contribution in [3.05, 3.63) is 46.7 Å². The Labute approximate surface area is 125 Å². The molecule has 3 nitrogen and oxygen atoms in total. The zero-order chi connectivity index (χ0) is 14.4. The fourth-order valence-corrected chi connectivity index (χ4v) is 2.72. The van der Waals surface area contributed by atoms with E-state index < -0.39 is 0 Å². The second kappa shape index (κ2) is 7.31. The van der Waals surface area contributed by atoms with E-state index in [9.17, 15) is 0 Å². The largest absolute Gasteiger partial charge is 0.497 e. The standard InChI is InChI=1S/C16H22N2OS/c1-17(2)10-11-18(13-16-5-4-12-20-16)14-6-8-15(19-3)9-7-14/h4-9,12H,10-11,13H2,1-3H3. The van der Waals surface area contributed by atoms with Crippen molar-refractivity contribution >= 4 is 17.0 Å². The Balaban J connectivity index is 2.11. The summed E-state index contributed by atoms with van der Waals surface area (Å²) in [6, 6.07) is 12.6. The smallest absolute Gasteiger partial charge is 0.119 e. The van der Waals surface area contributed by atoms with Crippen molar-refractivity contribution in [3.8, 4) is 5.75 Å². The van der Waals surface area contributed by atoms with Crippen LogP contribution in [-0.4, -0.2) is 39.2 Å². The van der Waals surface area contributed by atoms with E-state index in [2.05, 4.69) is 53.5 Å². The number of benzene rings is 1. The second-order valence-electron chi connectivity index (χ2n) is 5.00. The van der Waals surface area contributed by atoms with E-state index in [4.69, 9.17) is 4.74 Å². The molecular formula is C16H22N2OS. The minimum absolute atomic E-state index is 0.900. The molecule has 0 saturated heterocycles. The van der Waals surface area contributed by atoms with Crippen LogP contribution in [-0.2, 0) is 6.54 Å². The van der Waals surface area contributed by atoms with Crippen molar-refractivity contribution in [1.82, 2.24) is 4.90 Å². The van der Waals surface area contributed by atoms with Gasteiger partial charge < -0.3 is 14.5 Å². The van der Waals surface area contributed by atoms with Gasteiger partial charge in [0.25, 0.3) is 0 Å². The Morgan fingerprint density at radius 1 is 1.05 bits per heavy atom. The Morgan fingerprint density at radius 2 is 1.80 bits per heavy atom. The van der Waals surface area contributed by atoms with Gasteiger partial charge in [0, 0.05) is 23.7 Å². The maximum Gasteiger partial charge on any atom is 0.119 e. The summed E-state index contributed by atoms with van der Waals surface area (Å²) in [4.78, 5) is 6.01. The summed E-state index contributed by atoms with van der Waals surface area (Å²) in [5.41, 5.74) is 1.24. The van der Waals surface area contributed by atoms with E-state index in [1.165, 1.54) is 10.6 Å². The molecule has 1 heterocycles. The first-order valence-electron chi connectivity index (χ1n) is 6.75. The number of hydrogen-bond donors (Lipinski definition) is 0. The van der Waals surface area contributed by atoms with Crippen molar-refractivity contribution in [2.75, 3.05) is 39.2 Å². The number of ether oxygens (including phenoxy) is 1. The molecule has 0 aliphatic heterocycles. The number of rotatable bonds is 7. The maximum atomic E-state index is 5.23. The van der Waals surface area contributed by atoms with Crippen LogP contribution in [0.2, 0.25) is 0 Å². The average Bonchev–Trinajstić information content (AvgIpc) is 2.96. The Kier molecular flexibility index (Phi) is 5.44. The molecule has 0 spiro atoms. The molecule has 0 fully saturated rings. The molecule has 2 rings (SSSR count). The zero-order valence-electron chi connectivity index (χ0n) is 12.4. The van der Waals surface area contributed by atoms with Crippen molar-refractivity contribution in [3.63, 3.8) is 0 Å². The molecule has 1 aromatic carbocycles. The number of methoxy groups -OCH3 is 1. The number of nitrogens with zero attached hydrogens (tertiary/aromatic N) is 2. The van der Waals surface area contributed by atoms with Gasteiger partial charge in [-0.3, -0.25) is 0 Å². The van der Waals surface area contributed by atoms with E-state index in [0.717, 1.165) is 25.4 Å². The van der Waals surface area contributed by atoms with E-state index in [1.54, 1.807) is 7.11 Å². The topological polar surface area (TPSA) is 15.7 Å². The van der Waals surface area contributed by atoms with Gasteiger partial charge in [-0.25, -0.2) is 0 Å². The van der Waals surface area contributed by atoms with Gasteiger partial charge in [0.05, 0.1) is 13.7 Å². The predicted molar refractivity (Wildman–Crippen MR) is 86.9 cm³/mol. The SMILES string of the molecule is COc1ccc(N(CCN(C)C)Cc2cccs2)cc1. The first-order chi connectivity index (χ1) is 9.69. The molecule has 0 N–H and O–H groups in total. The molecule has 0 unspecified atom stereocenters. The van der Waals surface area contributed by atoms with Crippen LogP contribution in [0, 0.1) is 0 Å². The molecule has 2 aromatic rings. The normalized spacial score (nSPS) is 10.8. The van der Waals surface area contributed by atoms with E-state index >= 15 is 0 Å². The molecule has 0 aliphatic carbocycles. The monoisotopic (exact) mass is 290 g/mol. The second-order valence-corrected chi connectivity index (χ2v) is 6.03. The summed E-state index contributed by atoms with van der Waals surface area (Å²) in [5.74, 6) is 0.900. The third-order valence-corrected chi connectivity index (χ3v) is 4.04. The van der Waals surface area contributed by atoms with Gasteiger partial charge in [-0.1, -0.05) is 6.07 Å². The lowest BCUT2D eigenvalue weighted by atomic mass is 10.2. The highest BCUT2D eigenvalue weighted by Gasteiger charge is 2.09. The van der Waals surface area contributed by atoms with Crippen LogP contribution >= 0.6 is 11.3 Å². The molecule has 0 atom stereocenters. The van der Waals surface area contributed by atoms with E-state index in [1.807, 2.05) is 23.5 Å². The lowest BCUT2D eigenvalue weighted by Gasteiger charge is -2.26. The molecule has 0 amide bonds. The summed E-state index contributed by atoms with van der Waals surface area (Å²) in [5, 5.41) is 2.13. The molecule has 1 aromatic heterocycles. The fourth-order valence-electron chi connectivity index (χ4n) is 2.00. The summed E-state index contributed by atoms with van der Waals surface area (Å²) >= 11 is 1.81. The van der Waals surface area contributed by atoms with E-state index in [0.29, 0.717) is 0 Å². The third kappa shape index (κ3) is 4.25. The summed E-state index contributed by atoms with van der Waals surface area (Å²) in [6.45, 7) is 3.01. The molecule has 0 bridgehead atoms. The summed E-state index contributed by atoms with van der Waals surface area (Å²) < 4.78 is 5.23. The molecule has 20 heavy (non-hydrogen) atoms. The first kappa shape index (κ1) is 14.9. The summed E-state index contributed by atoms with van der Waals surface area (Å²) in [6.07, 6.45) is 0. The maximum absolute atomic E-state index is 5.23. The van der Waals surface area contributed by atoms with Crippen LogP contribution in [0.5, 0.6) is 5.75 Å². The van der Waals surface area contributed by atoms with Crippen molar-refractivity contribution in [2.24, 2.45) is 0 Å². The quantitative estimate of drug-likeness (QED) is 0.778. The molecule has 4 heteroatoms. The highest BCUT2D eigenvalue weighted by Crippen LogP contribution is 2.22. The predicted octanol–water partition coefficient (Wildman–Crippen LogP) is 3.32. The van der Waals surface area contributed by atoms with Crippen LogP contribution in [0.1, 0.15) is 4.88 Å². The Hall–Kier alpha value is -1.52. The number of anilines is 1. The van der Waals surface area contributed by atoms with Crippen LogP contribution in [0.3, 0.4) is 0 Å². The van der Waals surface area contributed by atoms with Crippen LogP contribution in [0.25, 0.3) is 0 Å². The number of likely N-dealkylation sites (N-methyl/N-ethyl adjacent to an activating group) is 1. The first-order valence-corrected chi connectivity index (χ1v) is 7.63. The number of hydrogen-bond acceptors (Lipinski definition) is 4. The third-order valence-electron chi connectivity index (χ3n) is 3.18. The van der Waals surface area contributed by atoms with Crippen molar-refractivity contribution in [1.29, 1.82) is 0 Å². The molecule has 0 aliphatic rings. The van der Waals surface area contributed by atoms with Gasteiger partial charge in [-0.2, -0.15) is 0 Å². The van der Waals surface area contributed by atoms with Crippen molar-refractivity contribution in [2.45, 2.75) is 6.54 Å². The van der Waals surface area contributed by atoms with Gasteiger partial charge in [-0.15, -0.1) is 11.3 Å². The van der Waals surface area contributed by atoms with Gasteiger partial charge in [-0.05, 0) is 49.8 Å². The lowest BCUT2D eigenvalue weighted by molar-refractivity contribution is 0.411. The van der Waals surface area contributed by atoms with Crippen LogP contribution in [0.15, 0.2) is 41.8 Å². The minimum atomic E-state index is 0.900. The average molecular weight is 290 g/mol. The molecule has 0 saturated carbocycles. The lowest BCUT2D eigenvalue weighted by Crippen LogP contribution is -2.31. The number of thiophene rings is 1. The fraction of sp³-hybridized carbons (Fsp3) is 0.375. The van der Waals surface area contributed by atoms with Gasteiger partial charge in [0.15, 0.2) is 0 Å².